The number of aromatic nitrogens is 2. The fraction of sp³-hybridized carbons (Fsp3) is 0.571. The van der Waals surface area contributed by atoms with E-state index in [9.17, 15) is 9.59 Å². The zero-order valence-corrected chi connectivity index (χ0v) is 12.6. The number of carbonyl (C=O) groups is 2. The molecule has 1 aromatic heterocycles. The molecule has 0 fully saturated rings. The van der Waals surface area contributed by atoms with Gasteiger partial charge in [0, 0.05) is 13.1 Å². The fourth-order valence-electron chi connectivity index (χ4n) is 1.84. The number of anilines is 1. The van der Waals surface area contributed by atoms with Crippen LogP contribution in [-0.2, 0) is 4.79 Å². The number of hydrogen-bond acceptors (Lipinski definition) is 5. The quantitative estimate of drug-likeness (QED) is 0.671. The van der Waals surface area contributed by atoms with Crippen molar-refractivity contribution < 1.29 is 14.7 Å². The fourth-order valence-corrected chi connectivity index (χ4v) is 1.84. The Balaban J connectivity index is 2.39. The molecule has 0 saturated carbocycles. The second-order valence-electron chi connectivity index (χ2n) is 5.10. The largest absolute Gasteiger partial charge is 0.481 e. The Morgan fingerprint density at radius 2 is 1.95 bits per heavy atom. The molecular formula is C14H22N4O3. The van der Waals surface area contributed by atoms with Gasteiger partial charge in [-0.3, -0.25) is 9.59 Å². The molecule has 21 heavy (non-hydrogen) atoms. The van der Waals surface area contributed by atoms with Gasteiger partial charge in [-0.2, -0.15) is 0 Å². The molecule has 0 saturated heterocycles. The van der Waals surface area contributed by atoms with Gasteiger partial charge in [-0.25, -0.2) is 0 Å². The minimum Gasteiger partial charge on any atom is -0.481 e. The second kappa shape index (κ2) is 8.18. The lowest BCUT2D eigenvalue weighted by atomic mass is 10.0. The minimum absolute atomic E-state index is 0.158. The molecule has 0 spiro atoms. The van der Waals surface area contributed by atoms with Gasteiger partial charge in [-0.05, 0) is 31.9 Å². The molecule has 3 N–H and O–H groups in total. The molecule has 0 aliphatic heterocycles. The lowest BCUT2D eigenvalue weighted by molar-refractivity contribution is -0.141. The molecular weight excluding hydrogens is 272 g/mol. The Hall–Kier alpha value is -2.18. The Bertz CT molecular complexity index is 476. The van der Waals surface area contributed by atoms with Crippen LogP contribution in [0.2, 0.25) is 0 Å². The first kappa shape index (κ1) is 16.9. The normalized spacial score (nSPS) is 13.3. The number of carbonyl (C=O) groups excluding carboxylic acids is 1. The summed E-state index contributed by atoms with van der Waals surface area (Å²) in [4.78, 5) is 22.0. The van der Waals surface area contributed by atoms with Crippen LogP contribution < -0.4 is 10.6 Å². The maximum absolute atomic E-state index is 11.3. The van der Waals surface area contributed by atoms with Gasteiger partial charge in [0.15, 0.2) is 5.69 Å². The van der Waals surface area contributed by atoms with Crippen LogP contribution in [0.25, 0.3) is 0 Å². The molecule has 0 aliphatic rings. The van der Waals surface area contributed by atoms with Crippen LogP contribution in [-0.4, -0.2) is 40.3 Å². The van der Waals surface area contributed by atoms with Crippen LogP contribution in [0.4, 0.5) is 5.82 Å². The third-order valence-corrected chi connectivity index (χ3v) is 3.21. The number of carboxylic acids is 1. The summed E-state index contributed by atoms with van der Waals surface area (Å²) in [5, 5.41) is 22.2. The maximum Gasteiger partial charge on any atom is 0.306 e. The van der Waals surface area contributed by atoms with Crippen molar-refractivity contribution in [1.82, 2.24) is 15.5 Å². The number of nitrogens with one attached hydrogen (secondary N) is 2. The van der Waals surface area contributed by atoms with Gasteiger partial charge in [-0.1, -0.05) is 13.3 Å². The number of nitrogens with zero attached hydrogens (tertiary/aromatic N) is 2. The summed E-state index contributed by atoms with van der Waals surface area (Å²) in [6.45, 7) is 3.71. The molecule has 0 aromatic carbocycles. The predicted octanol–water partition coefficient (Wildman–Crippen LogP) is 1.53. The maximum atomic E-state index is 11.3. The van der Waals surface area contributed by atoms with Crippen molar-refractivity contribution in [3.63, 3.8) is 0 Å². The van der Waals surface area contributed by atoms with Crippen molar-refractivity contribution >= 4 is 17.7 Å². The predicted molar refractivity (Wildman–Crippen MR) is 79.2 cm³/mol. The van der Waals surface area contributed by atoms with E-state index < -0.39 is 5.97 Å². The summed E-state index contributed by atoms with van der Waals surface area (Å²) in [6, 6.07) is 3.47. The Kier molecular flexibility index (Phi) is 6.58. The lowest BCUT2D eigenvalue weighted by Gasteiger charge is -2.14. The van der Waals surface area contributed by atoms with E-state index in [1.54, 1.807) is 19.1 Å². The van der Waals surface area contributed by atoms with Gasteiger partial charge in [0.1, 0.15) is 5.82 Å². The van der Waals surface area contributed by atoms with E-state index in [-0.39, 0.29) is 23.6 Å². The zero-order chi connectivity index (χ0) is 15.8. The van der Waals surface area contributed by atoms with Crippen LogP contribution in [0.3, 0.4) is 0 Å². The highest BCUT2D eigenvalue weighted by molar-refractivity contribution is 5.91. The second-order valence-corrected chi connectivity index (χ2v) is 5.10. The van der Waals surface area contributed by atoms with E-state index in [1.165, 1.54) is 7.05 Å². The number of aliphatic carboxylic acids is 1. The molecule has 0 aliphatic carbocycles. The lowest BCUT2D eigenvalue weighted by Crippen LogP contribution is -2.21. The summed E-state index contributed by atoms with van der Waals surface area (Å²) >= 11 is 0. The summed E-state index contributed by atoms with van der Waals surface area (Å²) in [6.07, 6.45) is 2.32. The third-order valence-electron chi connectivity index (χ3n) is 3.21. The highest BCUT2D eigenvalue weighted by Crippen LogP contribution is 2.12. The van der Waals surface area contributed by atoms with Gasteiger partial charge in [0.25, 0.3) is 5.91 Å². The number of carboxylic acid groups (broad SMARTS) is 1. The molecule has 116 valence electrons. The van der Waals surface area contributed by atoms with Crippen molar-refractivity contribution in [3.05, 3.63) is 17.8 Å². The van der Waals surface area contributed by atoms with Gasteiger partial charge in [0.05, 0.1) is 5.92 Å². The van der Waals surface area contributed by atoms with E-state index in [4.69, 9.17) is 5.11 Å². The topological polar surface area (TPSA) is 104 Å². The van der Waals surface area contributed by atoms with Crippen molar-refractivity contribution in [3.8, 4) is 0 Å². The van der Waals surface area contributed by atoms with Crippen LogP contribution >= 0.6 is 0 Å². The zero-order valence-electron chi connectivity index (χ0n) is 12.6. The Morgan fingerprint density at radius 1 is 1.24 bits per heavy atom. The van der Waals surface area contributed by atoms with E-state index in [0.29, 0.717) is 12.2 Å². The molecule has 1 heterocycles. The third kappa shape index (κ3) is 5.76. The van der Waals surface area contributed by atoms with Crippen LogP contribution in [0, 0.1) is 5.92 Å². The Morgan fingerprint density at radius 3 is 2.48 bits per heavy atom. The van der Waals surface area contributed by atoms with Crippen LogP contribution in [0.15, 0.2) is 12.1 Å². The van der Waals surface area contributed by atoms with Crippen molar-refractivity contribution in [2.75, 3.05) is 12.4 Å². The molecule has 7 heteroatoms. The smallest absolute Gasteiger partial charge is 0.306 e. The van der Waals surface area contributed by atoms with E-state index >= 15 is 0 Å². The number of amides is 1. The summed E-state index contributed by atoms with van der Waals surface area (Å²) in [7, 11) is 1.54. The minimum atomic E-state index is -0.758. The van der Waals surface area contributed by atoms with Gasteiger partial charge in [-0.15, -0.1) is 10.2 Å². The van der Waals surface area contributed by atoms with Gasteiger partial charge in [0.2, 0.25) is 0 Å². The van der Waals surface area contributed by atoms with Crippen molar-refractivity contribution in [2.24, 2.45) is 5.92 Å². The molecule has 1 amide bonds. The van der Waals surface area contributed by atoms with E-state index in [1.807, 2.05) is 6.92 Å². The van der Waals surface area contributed by atoms with Crippen molar-refractivity contribution in [2.45, 2.75) is 39.2 Å². The standard InChI is InChI=1S/C14H22N4O3/c1-9(14(20)21)5-4-6-10(2)16-12-8-7-11(17-18-12)13(19)15-3/h7-10H,4-6H2,1-3H3,(H,15,19)(H,16,18)(H,20,21). The first-order valence-electron chi connectivity index (χ1n) is 6.99. The summed E-state index contributed by atoms with van der Waals surface area (Å²) in [5.41, 5.74) is 0.269. The highest BCUT2D eigenvalue weighted by atomic mass is 16.4. The van der Waals surface area contributed by atoms with Crippen LogP contribution in [0.1, 0.15) is 43.6 Å². The van der Waals surface area contributed by atoms with E-state index in [0.717, 1.165) is 12.8 Å². The average Bonchev–Trinajstić information content (AvgIpc) is 2.46. The summed E-state index contributed by atoms with van der Waals surface area (Å²) < 4.78 is 0. The molecule has 2 atom stereocenters. The van der Waals surface area contributed by atoms with Gasteiger partial charge < -0.3 is 15.7 Å². The molecule has 2 unspecified atom stereocenters. The van der Waals surface area contributed by atoms with E-state index in [2.05, 4.69) is 20.8 Å². The summed E-state index contributed by atoms with van der Waals surface area (Å²) in [5.74, 6) is -0.749. The molecule has 1 rings (SSSR count). The number of hydrogen-bond donors (Lipinski definition) is 3. The Labute approximate surface area is 124 Å². The monoisotopic (exact) mass is 294 g/mol. The first-order chi connectivity index (χ1) is 9.93. The number of rotatable bonds is 8. The molecule has 0 bridgehead atoms. The highest BCUT2D eigenvalue weighted by Gasteiger charge is 2.12. The molecule has 7 nitrogen and oxygen atoms in total. The van der Waals surface area contributed by atoms with Crippen molar-refractivity contribution in [1.29, 1.82) is 0 Å². The first-order valence-corrected chi connectivity index (χ1v) is 6.99. The van der Waals surface area contributed by atoms with Gasteiger partial charge >= 0.3 is 5.97 Å². The van der Waals surface area contributed by atoms with Crippen LogP contribution in [0.5, 0.6) is 0 Å². The molecule has 0 radical (unpaired) electrons. The molecule has 1 aromatic rings. The SMILES string of the molecule is CNC(=O)c1ccc(NC(C)CCCC(C)C(=O)O)nn1. The average molecular weight is 294 g/mol.